The molecule has 1 aliphatic carbocycles. The third-order valence-electron chi connectivity index (χ3n) is 1.36. The fraction of sp³-hybridized carbons (Fsp3) is 0.833. The Kier molecular flexibility index (Phi) is 1.13. The molecule has 0 aromatic carbocycles. The van der Waals surface area contributed by atoms with Crippen LogP contribution in [-0.4, -0.2) is 0 Å². The SMILES string of the molecule is [C]C1CCCC1. The lowest BCUT2D eigenvalue weighted by Gasteiger charge is -1.90. The molecule has 6 heavy (non-hydrogen) atoms. The molecule has 0 atom stereocenters. The van der Waals surface area contributed by atoms with Crippen LogP contribution in [0.3, 0.4) is 0 Å². The van der Waals surface area contributed by atoms with Gasteiger partial charge in [-0.15, -0.1) is 0 Å². The Hall–Kier alpha value is 0. The molecule has 0 unspecified atom stereocenters. The van der Waals surface area contributed by atoms with Crippen molar-refractivity contribution in [3.05, 3.63) is 6.92 Å². The fourth-order valence-electron chi connectivity index (χ4n) is 0.926. The molecule has 0 heterocycles. The van der Waals surface area contributed by atoms with Crippen LogP contribution in [0.4, 0.5) is 0 Å². The molecule has 3 radical (unpaired) electrons. The molecule has 1 saturated carbocycles. The van der Waals surface area contributed by atoms with E-state index in [4.69, 9.17) is 6.92 Å². The minimum absolute atomic E-state index is 0.296. The van der Waals surface area contributed by atoms with Gasteiger partial charge < -0.3 is 0 Å². The van der Waals surface area contributed by atoms with Gasteiger partial charge in [-0.05, 0) is 25.7 Å². The maximum atomic E-state index is 7.13. The monoisotopic (exact) mass is 81.1 g/mol. The van der Waals surface area contributed by atoms with Gasteiger partial charge >= 0.3 is 0 Å². The van der Waals surface area contributed by atoms with E-state index in [1.54, 1.807) is 0 Å². The second-order valence-electron chi connectivity index (χ2n) is 1.98. The first kappa shape index (κ1) is 4.17. The Labute approximate surface area is 39.6 Å². The van der Waals surface area contributed by atoms with Crippen LogP contribution < -0.4 is 0 Å². The number of hydrogen-bond acceptors (Lipinski definition) is 0. The van der Waals surface area contributed by atoms with Crippen molar-refractivity contribution in [2.24, 2.45) is 5.92 Å². The lowest BCUT2D eigenvalue weighted by atomic mass is 10.2. The molecule has 0 aromatic rings. The quantitative estimate of drug-likeness (QED) is 0.417. The zero-order valence-corrected chi connectivity index (χ0v) is 3.91. The van der Waals surface area contributed by atoms with Crippen molar-refractivity contribution in [1.82, 2.24) is 0 Å². The van der Waals surface area contributed by atoms with Crippen LogP contribution in [0.5, 0.6) is 0 Å². The van der Waals surface area contributed by atoms with E-state index < -0.39 is 0 Å². The average molecular weight is 81.1 g/mol. The molecular weight excluding hydrogens is 72.1 g/mol. The molecule has 0 aromatic heterocycles. The molecule has 1 rings (SSSR count). The van der Waals surface area contributed by atoms with Gasteiger partial charge in [-0.25, -0.2) is 0 Å². The van der Waals surface area contributed by atoms with Crippen LogP contribution in [0.15, 0.2) is 0 Å². The van der Waals surface area contributed by atoms with Crippen LogP contribution in [0.2, 0.25) is 0 Å². The van der Waals surface area contributed by atoms with Crippen molar-refractivity contribution < 1.29 is 0 Å². The third-order valence-corrected chi connectivity index (χ3v) is 1.36. The maximum absolute atomic E-state index is 7.13. The highest BCUT2D eigenvalue weighted by Crippen LogP contribution is 2.22. The Bertz CT molecular complexity index is 33.3. The normalized spacial score (nSPS) is 25.5. The molecule has 33 valence electrons. The van der Waals surface area contributed by atoms with Gasteiger partial charge in [0.05, 0.1) is 0 Å². The Morgan fingerprint density at radius 1 is 1.17 bits per heavy atom. The maximum Gasteiger partial charge on any atom is -0.00568 e. The molecule has 0 aliphatic heterocycles. The van der Waals surface area contributed by atoms with Gasteiger partial charge in [0.2, 0.25) is 0 Å². The molecule has 0 N–H and O–H groups in total. The number of hydrogen-bond donors (Lipinski definition) is 0. The molecule has 0 saturated heterocycles. The Morgan fingerprint density at radius 2 is 1.67 bits per heavy atom. The summed E-state index contributed by atoms with van der Waals surface area (Å²) in [7, 11) is 0. The number of rotatable bonds is 0. The zero-order chi connectivity index (χ0) is 4.41. The van der Waals surface area contributed by atoms with Gasteiger partial charge in [-0.3, -0.25) is 0 Å². The van der Waals surface area contributed by atoms with Crippen LogP contribution in [0, 0.1) is 12.8 Å². The second kappa shape index (κ2) is 1.63. The van der Waals surface area contributed by atoms with Gasteiger partial charge in [-0.1, -0.05) is 12.8 Å². The molecule has 0 nitrogen and oxygen atoms in total. The summed E-state index contributed by atoms with van der Waals surface area (Å²) in [4.78, 5) is 0. The summed E-state index contributed by atoms with van der Waals surface area (Å²) in [6.45, 7) is 7.13. The minimum atomic E-state index is 0.296. The summed E-state index contributed by atoms with van der Waals surface area (Å²) in [6.07, 6.45) is 4.91. The topological polar surface area (TPSA) is 0 Å². The predicted molar refractivity (Wildman–Crippen MR) is 25.2 cm³/mol. The summed E-state index contributed by atoms with van der Waals surface area (Å²) < 4.78 is 0. The molecule has 0 spiro atoms. The highest BCUT2D eigenvalue weighted by molar-refractivity contribution is 4.67. The van der Waals surface area contributed by atoms with Crippen LogP contribution in [-0.2, 0) is 0 Å². The van der Waals surface area contributed by atoms with Gasteiger partial charge in [-0.2, -0.15) is 0 Å². The van der Waals surface area contributed by atoms with Gasteiger partial charge in [0.1, 0.15) is 0 Å². The predicted octanol–water partition coefficient (Wildman–Crippen LogP) is 1.76. The first-order valence-electron chi connectivity index (χ1n) is 2.61. The largest absolute Gasteiger partial charge is 0.0530 e. The summed E-state index contributed by atoms with van der Waals surface area (Å²) in [5.41, 5.74) is 0. The first-order valence-corrected chi connectivity index (χ1v) is 2.61. The Morgan fingerprint density at radius 3 is 1.83 bits per heavy atom. The third kappa shape index (κ3) is 0.735. The highest BCUT2D eigenvalue weighted by Gasteiger charge is 2.07. The van der Waals surface area contributed by atoms with Gasteiger partial charge in [0, 0.05) is 0 Å². The second-order valence-corrected chi connectivity index (χ2v) is 1.98. The van der Waals surface area contributed by atoms with Crippen molar-refractivity contribution in [3.8, 4) is 0 Å². The van der Waals surface area contributed by atoms with Gasteiger partial charge in [0.15, 0.2) is 0 Å². The fourth-order valence-corrected chi connectivity index (χ4v) is 0.926. The molecule has 1 aliphatic rings. The van der Waals surface area contributed by atoms with Crippen molar-refractivity contribution in [3.63, 3.8) is 0 Å². The van der Waals surface area contributed by atoms with Crippen LogP contribution >= 0.6 is 0 Å². The summed E-state index contributed by atoms with van der Waals surface area (Å²) in [5, 5.41) is 0. The van der Waals surface area contributed by atoms with Gasteiger partial charge in [0.25, 0.3) is 0 Å². The minimum Gasteiger partial charge on any atom is -0.0530 e. The summed E-state index contributed by atoms with van der Waals surface area (Å²) in [6, 6.07) is 0. The average Bonchev–Trinajstić information content (AvgIpc) is 1.86. The van der Waals surface area contributed by atoms with Crippen LogP contribution in [0.1, 0.15) is 25.7 Å². The van der Waals surface area contributed by atoms with Crippen molar-refractivity contribution in [2.75, 3.05) is 0 Å². The standard InChI is InChI=1S/C6H9/c1-6-4-2-3-5-6/h6H,2-5H2. The summed E-state index contributed by atoms with van der Waals surface area (Å²) in [5.74, 6) is 0.296. The Balaban J connectivity index is 2.18. The van der Waals surface area contributed by atoms with E-state index in [2.05, 4.69) is 0 Å². The van der Waals surface area contributed by atoms with E-state index in [1.807, 2.05) is 0 Å². The van der Waals surface area contributed by atoms with Crippen molar-refractivity contribution in [2.45, 2.75) is 25.7 Å². The van der Waals surface area contributed by atoms with E-state index in [0.29, 0.717) is 5.92 Å². The van der Waals surface area contributed by atoms with E-state index in [9.17, 15) is 0 Å². The highest BCUT2D eigenvalue weighted by atomic mass is 14.1. The lowest BCUT2D eigenvalue weighted by Crippen LogP contribution is -1.79. The van der Waals surface area contributed by atoms with E-state index in [-0.39, 0.29) is 0 Å². The van der Waals surface area contributed by atoms with E-state index in [1.165, 1.54) is 12.8 Å². The molecule has 1 fully saturated rings. The van der Waals surface area contributed by atoms with Crippen LogP contribution in [0.25, 0.3) is 0 Å². The smallest absolute Gasteiger partial charge is 0.00568 e. The molecular formula is C6H9. The zero-order valence-electron chi connectivity index (χ0n) is 3.91. The molecule has 0 amide bonds. The lowest BCUT2D eigenvalue weighted by molar-refractivity contribution is 0.681. The summed E-state index contributed by atoms with van der Waals surface area (Å²) >= 11 is 0. The van der Waals surface area contributed by atoms with E-state index in [0.717, 1.165) is 12.8 Å². The first-order chi connectivity index (χ1) is 2.89. The van der Waals surface area contributed by atoms with E-state index >= 15 is 0 Å². The molecule has 0 heteroatoms. The van der Waals surface area contributed by atoms with Crippen molar-refractivity contribution in [1.29, 1.82) is 0 Å². The molecule has 0 bridgehead atoms. The van der Waals surface area contributed by atoms with Crippen molar-refractivity contribution >= 4 is 0 Å².